The molecular weight excluding hydrogens is 255 g/mol. The highest BCUT2D eigenvalue weighted by Gasteiger charge is 2.11. The standard InChI is InChI=1S/C12H13FN2O2S/c1-14-2-3-15-9-6-10-7(4-8(9)13)5-11(18-10)12(16)17/h4-6,14-15H,2-3H2,1H3,(H,16,17). The molecule has 0 aliphatic rings. The van der Waals surface area contributed by atoms with Crippen LogP contribution in [-0.2, 0) is 0 Å². The van der Waals surface area contributed by atoms with Crippen molar-refractivity contribution in [3.63, 3.8) is 0 Å². The first-order chi connectivity index (χ1) is 8.61. The van der Waals surface area contributed by atoms with Crippen molar-refractivity contribution in [1.29, 1.82) is 0 Å². The minimum atomic E-state index is -0.985. The van der Waals surface area contributed by atoms with Crippen LogP contribution in [0.3, 0.4) is 0 Å². The lowest BCUT2D eigenvalue weighted by atomic mass is 10.2. The van der Waals surface area contributed by atoms with Crippen molar-refractivity contribution in [2.24, 2.45) is 0 Å². The molecular formula is C12H13FN2O2S. The van der Waals surface area contributed by atoms with Gasteiger partial charge in [0.15, 0.2) is 0 Å². The van der Waals surface area contributed by atoms with E-state index in [4.69, 9.17) is 5.11 Å². The maximum absolute atomic E-state index is 13.7. The summed E-state index contributed by atoms with van der Waals surface area (Å²) < 4.78 is 14.5. The molecule has 0 unspecified atom stereocenters. The number of anilines is 1. The van der Waals surface area contributed by atoms with Crippen molar-refractivity contribution >= 4 is 33.1 Å². The van der Waals surface area contributed by atoms with Crippen LogP contribution in [0, 0.1) is 5.82 Å². The summed E-state index contributed by atoms with van der Waals surface area (Å²) in [4.78, 5) is 11.1. The van der Waals surface area contributed by atoms with Gasteiger partial charge in [-0.05, 0) is 30.6 Å². The number of benzene rings is 1. The first kappa shape index (κ1) is 12.8. The highest BCUT2D eigenvalue weighted by atomic mass is 32.1. The third-order valence-corrected chi connectivity index (χ3v) is 3.59. The van der Waals surface area contributed by atoms with E-state index in [-0.39, 0.29) is 10.7 Å². The lowest BCUT2D eigenvalue weighted by Crippen LogP contribution is -2.18. The number of thiophene rings is 1. The highest BCUT2D eigenvalue weighted by molar-refractivity contribution is 7.20. The van der Waals surface area contributed by atoms with Crippen LogP contribution in [-0.4, -0.2) is 31.2 Å². The number of fused-ring (bicyclic) bond motifs is 1. The Hall–Kier alpha value is -1.66. The van der Waals surface area contributed by atoms with Gasteiger partial charge in [-0.2, -0.15) is 0 Å². The molecule has 4 nitrogen and oxygen atoms in total. The van der Waals surface area contributed by atoms with Gasteiger partial charge in [0.2, 0.25) is 0 Å². The molecule has 0 spiro atoms. The molecule has 0 radical (unpaired) electrons. The minimum absolute atomic E-state index is 0.219. The Labute approximate surface area is 107 Å². The molecule has 1 aromatic carbocycles. The van der Waals surface area contributed by atoms with Crippen molar-refractivity contribution in [1.82, 2.24) is 5.32 Å². The van der Waals surface area contributed by atoms with Crippen molar-refractivity contribution in [3.05, 3.63) is 28.9 Å². The van der Waals surface area contributed by atoms with Crippen molar-refractivity contribution < 1.29 is 14.3 Å². The molecule has 96 valence electrons. The molecule has 2 aromatic rings. The third-order valence-electron chi connectivity index (χ3n) is 2.51. The molecule has 0 fully saturated rings. The van der Waals surface area contributed by atoms with Crippen molar-refractivity contribution in [2.45, 2.75) is 0 Å². The third kappa shape index (κ3) is 2.60. The van der Waals surface area contributed by atoms with Gasteiger partial charge in [0.05, 0.1) is 5.69 Å². The van der Waals surface area contributed by atoms with E-state index in [1.807, 2.05) is 7.05 Å². The number of aromatic carboxylic acids is 1. The fourth-order valence-electron chi connectivity index (χ4n) is 1.62. The first-order valence-corrected chi connectivity index (χ1v) is 6.28. The van der Waals surface area contributed by atoms with E-state index < -0.39 is 5.97 Å². The molecule has 0 saturated carbocycles. The molecule has 18 heavy (non-hydrogen) atoms. The van der Waals surface area contributed by atoms with E-state index in [0.717, 1.165) is 22.6 Å². The summed E-state index contributed by atoms with van der Waals surface area (Å²) in [5.74, 6) is -1.35. The van der Waals surface area contributed by atoms with Gasteiger partial charge in [-0.1, -0.05) is 0 Å². The molecule has 2 rings (SSSR count). The fraction of sp³-hybridized carbons (Fsp3) is 0.250. The van der Waals surface area contributed by atoms with Gasteiger partial charge >= 0.3 is 5.97 Å². The lowest BCUT2D eigenvalue weighted by molar-refractivity contribution is 0.0702. The number of rotatable bonds is 5. The number of likely N-dealkylation sites (N-methyl/N-ethyl adjacent to an activating group) is 1. The normalized spacial score (nSPS) is 10.8. The van der Waals surface area contributed by atoms with Crippen LogP contribution < -0.4 is 10.6 Å². The molecule has 0 aliphatic heterocycles. The predicted molar refractivity (Wildman–Crippen MR) is 71.2 cm³/mol. The second kappa shape index (κ2) is 5.32. The topological polar surface area (TPSA) is 61.4 Å². The van der Waals surface area contributed by atoms with E-state index in [0.29, 0.717) is 17.6 Å². The van der Waals surface area contributed by atoms with Gasteiger partial charge in [-0.15, -0.1) is 11.3 Å². The van der Waals surface area contributed by atoms with Gasteiger partial charge in [-0.3, -0.25) is 0 Å². The smallest absolute Gasteiger partial charge is 0.345 e. The van der Waals surface area contributed by atoms with Crippen LogP contribution >= 0.6 is 11.3 Å². The fourth-order valence-corrected chi connectivity index (χ4v) is 2.54. The van der Waals surface area contributed by atoms with Crippen LogP contribution in [0.4, 0.5) is 10.1 Å². The Morgan fingerprint density at radius 3 is 2.83 bits per heavy atom. The van der Waals surface area contributed by atoms with E-state index in [9.17, 15) is 9.18 Å². The van der Waals surface area contributed by atoms with Gasteiger partial charge in [-0.25, -0.2) is 9.18 Å². The quantitative estimate of drug-likeness (QED) is 0.729. The van der Waals surface area contributed by atoms with Gasteiger partial charge < -0.3 is 15.7 Å². The second-order valence-electron chi connectivity index (χ2n) is 3.82. The Morgan fingerprint density at radius 2 is 2.17 bits per heavy atom. The van der Waals surface area contributed by atoms with E-state index >= 15 is 0 Å². The zero-order valence-electron chi connectivity index (χ0n) is 9.79. The SMILES string of the molecule is CNCCNc1cc2sc(C(=O)O)cc2cc1F. The van der Waals surface area contributed by atoms with Crippen LogP contribution in [0.5, 0.6) is 0 Å². The summed E-state index contributed by atoms with van der Waals surface area (Å²) in [6.07, 6.45) is 0. The molecule has 3 N–H and O–H groups in total. The average Bonchev–Trinajstić information content (AvgIpc) is 2.72. The highest BCUT2D eigenvalue weighted by Crippen LogP contribution is 2.30. The van der Waals surface area contributed by atoms with E-state index in [1.54, 1.807) is 6.07 Å². The van der Waals surface area contributed by atoms with Crippen LogP contribution in [0.15, 0.2) is 18.2 Å². The summed E-state index contributed by atoms with van der Waals surface area (Å²) in [5.41, 5.74) is 0.400. The molecule has 1 heterocycles. The zero-order chi connectivity index (χ0) is 13.1. The van der Waals surface area contributed by atoms with E-state index in [1.165, 1.54) is 12.1 Å². The van der Waals surface area contributed by atoms with Gasteiger partial charge in [0.1, 0.15) is 10.7 Å². The molecule has 0 aliphatic carbocycles. The molecule has 0 bridgehead atoms. The van der Waals surface area contributed by atoms with Gasteiger partial charge in [0.25, 0.3) is 0 Å². The summed E-state index contributed by atoms with van der Waals surface area (Å²) in [7, 11) is 1.82. The van der Waals surface area contributed by atoms with E-state index in [2.05, 4.69) is 10.6 Å². The second-order valence-corrected chi connectivity index (χ2v) is 4.90. The average molecular weight is 268 g/mol. The van der Waals surface area contributed by atoms with Crippen LogP contribution in [0.1, 0.15) is 9.67 Å². The monoisotopic (exact) mass is 268 g/mol. The number of hydrogen-bond acceptors (Lipinski definition) is 4. The molecule has 1 aromatic heterocycles. The minimum Gasteiger partial charge on any atom is -0.477 e. The van der Waals surface area contributed by atoms with Crippen molar-refractivity contribution in [2.75, 3.05) is 25.5 Å². The number of carboxylic acids is 1. The summed E-state index contributed by atoms with van der Waals surface area (Å²) in [6.45, 7) is 1.33. The summed E-state index contributed by atoms with van der Waals surface area (Å²) in [5, 5.41) is 15.4. The molecule has 6 heteroatoms. The van der Waals surface area contributed by atoms with Crippen LogP contribution in [0.2, 0.25) is 0 Å². The Morgan fingerprint density at radius 1 is 1.39 bits per heavy atom. The number of halogens is 1. The molecule has 0 saturated heterocycles. The Kier molecular flexibility index (Phi) is 3.78. The number of hydrogen-bond donors (Lipinski definition) is 3. The largest absolute Gasteiger partial charge is 0.477 e. The number of carbonyl (C=O) groups is 1. The summed E-state index contributed by atoms with van der Waals surface area (Å²) >= 11 is 1.15. The number of nitrogens with one attached hydrogen (secondary N) is 2. The van der Waals surface area contributed by atoms with Crippen LogP contribution in [0.25, 0.3) is 10.1 Å². The van der Waals surface area contributed by atoms with Gasteiger partial charge in [0, 0.05) is 17.8 Å². The maximum atomic E-state index is 13.7. The Bertz CT molecular complexity index is 583. The molecule has 0 amide bonds. The lowest BCUT2D eigenvalue weighted by Gasteiger charge is -2.07. The predicted octanol–water partition coefficient (Wildman–Crippen LogP) is 2.37. The summed E-state index contributed by atoms with van der Waals surface area (Å²) in [6, 6.07) is 4.50. The molecule has 0 atom stereocenters. The Balaban J connectivity index is 2.32. The first-order valence-electron chi connectivity index (χ1n) is 5.46. The number of carboxylic acid groups (broad SMARTS) is 1. The zero-order valence-corrected chi connectivity index (χ0v) is 10.6. The van der Waals surface area contributed by atoms with Crippen molar-refractivity contribution in [3.8, 4) is 0 Å². The maximum Gasteiger partial charge on any atom is 0.345 e.